The van der Waals surface area contributed by atoms with Crippen LogP contribution in [0.2, 0.25) is 0 Å². The summed E-state index contributed by atoms with van der Waals surface area (Å²) in [5.41, 5.74) is 4.91. The van der Waals surface area contributed by atoms with Gasteiger partial charge >= 0.3 is 12.6 Å². The van der Waals surface area contributed by atoms with E-state index in [4.69, 9.17) is 19.6 Å². The number of oxazole rings is 1. The number of alkyl halides is 2. The van der Waals surface area contributed by atoms with Crippen LogP contribution in [0.15, 0.2) is 46.7 Å². The van der Waals surface area contributed by atoms with Crippen molar-refractivity contribution >= 4 is 18.4 Å². The minimum atomic E-state index is -3.03. The van der Waals surface area contributed by atoms with Crippen LogP contribution >= 0.6 is 12.4 Å². The van der Waals surface area contributed by atoms with Crippen LogP contribution in [-0.2, 0) is 16.0 Å². The van der Waals surface area contributed by atoms with E-state index in [1.165, 1.54) is 30.4 Å². The highest BCUT2D eigenvalue weighted by molar-refractivity contribution is 5.85. The van der Waals surface area contributed by atoms with Crippen molar-refractivity contribution in [2.75, 3.05) is 13.2 Å². The second-order valence-corrected chi connectivity index (χ2v) is 9.18. The number of ether oxygens (including phenoxy) is 3. The molecule has 0 radical (unpaired) electrons. The van der Waals surface area contributed by atoms with Gasteiger partial charge in [-0.1, -0.05) is 12.2 Å². The van der Waals surface area contributed by atoms with Crippen LogP contribution in [0.5, 0.6) is 11.5 Å². The summed E-state index contributed by atoms with van der Waals surface area (Å²) in [6.07, 6.45) is 4.24. The zero-order chi connectivity index (χ0) is 26.7. The number of carboxylic acids is 1. The third kappa shape index (κ3) is 6.33. The van der Waals surface area contributed by atoms with E-state index >= 15 is 0 Å². The monoisotopic (exact) mass is 558 g/mol. The minimum Gasteiger partial charge on any atom is -0.489 e. The van der Waals surface area contributed by atoms with Crippen LogP contribution in [0, 0.1) is 11.3 Å². The number of aromatic nitrogens is 1. The molecule has 0 saturated heterocycles. The first-order valence-electron chi connectivity index (χ1n) is 12.0. The fraction of sp³-hybridized carbons (Fsp3) is 0.462. The highest BCUT2D eigenvalue weighted by atomic mass is 35.5. The molecule has 0 bridgehead atoms. The molecule has 1 aromatic carbocycles. The lowest BCUT2D eigenvalue weighted by molar-refractivity contribution is -0.154. The van der Waals surface area contributed by atoms with Gasteiger partial charge in [-0.2, -0.15) is 8.78 Å². The number of hydrogen-bond acceptors (Lipinski definition) is 7. The first kappa shape index (κ1) is 29.5. The van der Waals surface area contributed by atoms with Gasteiger partial charge in [0.2, 0.25) is 5.89 Å². The van der Waals surface area contributed by atoms with Gasteiger partial charge in [0.15, 0.2) is 11.5 Å². The molecule has 2 aliphatic rings. The maximum atomic E-state index is 14.7. The number of carboxylic acid groups (broad SMARTS) is 1. The van der Waals surface area contributed by atoms with Crippen molar-refractivity contribution in [3.05, 3.63) is 53.7 Å². The standard InChI is InChI=1S/C26H29F3N2O6.ClH/c1-3-34-22-17(27)5-4-10-26(22,24(32)33)12-18-21(14(2)30)37-23(31-18)16-8-9-19(36-25(28)29)20(11-16)35-13-15-6-7-15;/h4-5,8-11,14-15,22,25H,3,6-7,12-13,30H2,1-2H3,(H,32,33);1H. The molecule has 2 aliphatic carbocycles. The van der Waals surface area contributed by atoms with Crippen LogP contribution in [0.4, 0.5) is 13.2 Å². The number of rotatable bonds is 12. The van der Waals surface area contributed by atoms with Gasteiger partial charge in [-0.25, -0.2) is 9.37 Å². The van der Waals surface area contributed by atoms with Crippen molar-refractivity contribution in [2.24, 2.45) is 17.1 Å². The number of allylic oxidation sites excluding steroid dienone is 2. The summed E-state index contributed by atoms with van der Waals surface area (Å²) in [6, 6.07) is 3.60. The van der Waals surface area contributed by atoms with Crippen molar-refractivity contribution in [2.45, 2.75) is 51.9 Å². The van der Waals surface area contributed by atoms with Crippen LogP contribution in [0.3, 0.4) is 0 Å². The minimum absolute atomic E-state index is 0. The summed E-state index contributed by atoms with van der Waals surface area (Å²) < 4.78 is 62.2. The van der Waals surface area contributed by atoms with E-state index in [1.807, 2.05) is 0 Å². The zero-order valence-electron chi connectivity index (χ0n) is 20.9. The van der Waals surface area contributed by atoms with Gasteiger partial charge < -0.3 is 29.5 Å². The van der Waals surface area contributed by atoms with Crippen LogP contribution < -0.4 is 15.2 Å². The molecule has 4 rings (SSSR count). The maximum absolute atomic E-state index is 14.7. The number of aliphatic carboxylic acids is 1. The second kappa shape index (κ2) is 12.2. The second-order valence-electron chi connectivity index (χ2n) is 9.18. The largest absolute Gasteiger partial charge is 0.489 e. The maximum Gasteiger partial charge on any atom is 0.387 e. The molecule has 2 aromatic rings. The molecule has 3 unspecified atom stereocenters. The molecule has 8 nitrogen and oxygen atoms in total. The molecule has 1 saturated carbocycles. The van der Waals surface area contributed by atoms with E-state index in [9.17, 15) is 23.1 Å². The summed E-state index contributed by atoms with van der Waals surface area (Å²) in [7, 11) is 0. The Kier molecular flexibility index (Phi) is 9.50. The Bertz CT molecular complexity index is 1200. The van der Waals surface area contributed by atoms with Crippen LogP contribution in [0.25, 0.3) is 11.5 Å². The topological polar surface area (TPSA) is 117 Å². The van der Waals surface area contributed by atoms with Gasteiger partial charge in [0, 0.05) is 18.6 Å². The lowest BCUT2D eigenvalue weighted by Crippen LogP contribution is -2.46. The van der Waals surface area contributed by atoms with E-state index in [0.29, 0.717) is 18.1 Å². The Morgan fingerprint density at radius 1 is 1.32 bits per heavy atom. The Hall–Kier alpha value is -3.02. The van der Waals surface area contributed by atoms with E-state index in [0.717, 1.165) is 18.9 Å². The number of nitrogens with zero attached hydrogens (tertiary/aromatic N) is 1. The van der Waals surface area contributed by atoms with Gasteiger partial charge in [-0.15, -0.1) is 12.4 Å². The van der Waals surface area contributed by atoms with E-state index < -0.39 is 36.0 Å². The smallest absolute Gasteiger partial charge is 0.387 e. The molecule has 208 valence electrons. The molecule has 0 spiro atoms. The highest BCUT2D eigenvalue weighted by Crippen LogP contribution is 2.41. The number of benzene rings is 1. The summed E-state index contributed by atoms with van der Waals surface area (Å²) in [6.45, 7) is 0.703. The normalized spacial score (nSPS) is 21.6. The fourth-order valence-electron chi connectivity index (χ4n) is 4.22. The SMILES string of the molecule is CCOC1C(F)=CC=CC1(Cc1nc(-c2ccc(OC(F)F)c(OCC3CC3)c2)oc1C(C)N)C(=O)O.Cl. The van der Waals surface area contributed by atoms with E-state index in [1.54, 1.807) is 13.8 Å². The molecule has 1 heterocycles. The van der Waals surface area contributed by atoms with Gasteiger partial charge in [0.1, 0.15) is 23.1 Å². The van der Waals surface area contributed by atoms with E-state index in [2.05, 4.69) is 9.72 Å². The molecule has 12 heteroatoms. The Morgan fingerprint density at radius 3 is 2.66 bits per heavy atom. The van der Waals surface area contributed by atoms with Crippen molar-refractivity contribution in [3.63, 3.8) is 0 Å². The van der Waals surface area contributed by atoms with Crippen molar-refractivity contribution in [3.8, 4) is 23.0 Å². The third-order valence-electron chi connectivity index (χ3n) is 6.28. The molecule has 3 N–H and O–H groups in total. The first-order valence-corrected chi connectivity index (χ1v) is 12.0. The van der Waals surface area contributed by atoms with Gasteiger partial charge in [-0.05, 0) is 56.9 Å². The Morgan fingerprint density at radius 2 is 2.05 bits per heavy atom. The molecule has 0 aliphatic heterocycles. The predicted molar refractivity (Wildman–Crippen MR) is 134 cm³/mol. The zero-order valence-corrected chi connectivity index (χ0v) is 21.7. The molecule has 0 amide bonds. The third-order valence-corrected chi connectivity index (χ3v) is 6.28. The first-order chi connectivity index (χ1) is 17.6. The highest BCUT2D eigenvalue weighted by Gasteiger charge is 2.49. The van der Waals surface area contributed by atoms with Gasteiger partial charge in [0.05, 0.1) is 18.3 Å². The lowest BCUT2D eigenvalue weighted by atomic mass is 9.74. The van der Waals surface area contributed by atoms with Crippen LogP contribution in [0.1, 0.15) is 44.2 Å². The number of nitrogens with two attached hydrogens (primary N) is 1. The molecule has 3 atom stereocenters. The summed E-state index contributed by atoms with van der Waals surface area (Å²) in [5, 5.41) is 10.2. The van der Waals surface area contributed by atoms with E-state index in [-0.39, 0.29) is 54.3 Å². The molecular weight excluding hydrogens is 529 g/mol. The Balaban J connectivity index is 0.00000400. The summed E-state index contributed by atoms with van der Waals surface area (Å²) in [4.78, 5) is 17.0. The summed E-state index contributed by atoms with van der Waals surface area (Å²) >= 11 is 0. The van der Waals surface area contributed by atoms with Gasteiger partial charge in [0.25, 0.3) is 0 Å². The van der Waals surface area contributed by atoms with Crippen LogP contribution in [-0.4, -0.2) is 42.0 Å². The van der Waals surface area contributed by atoms with Crippen molar-refractivity contribution < 1.29 is 41.7 Å². The quantitative estimate of drug-likeness (QED) is 0.345. The Labute approximate surface area is 224 Å². The molecule has 1 aromatic heterocycles. The number of halogens is 4. The predicted octanol–water partition coefficient (Wildman–Crippen LogP) is 5.62. The summed E-state index contributed by atoms with van der Waals surface area (Å²) in [5.74, 6) is -1.39. The van der Waals surface area contributed by atoms with Crippen molar-refractivity contribution in [1.29, 1.82) is 0 Å². The fourth-order valence-corrected chi connectivity index (χ4v) is 4.22. The molecular formula is C26H30ClF3N2O6. The number of hydrogen-bond donors (Lipinski definition) is 2. The van der Waals surface area contributed by atoms with Crippen molar-refractivity contribution in [1.82, 2.24) is 4.98 Å². The molecule has 38 heavy (non-hydrogen) atoms. The lowest BCUT2D eigenvalue weighted by Gasteiger charge is -2.35. The van der Waals surface area contributed by atoms with Gasteiger partial charge in [-0.3, -0.25) is 4.79 Å². The number of carbonyl (C=O) groups is 1. The average molecular weight is 559 g/mol. The molecule has 1 fully saturated rings. The average Bonchev–Trinajstić information content (AvgIpc) is 3.57.